The molecule has 0 N–H and O–H groups in total. The lowest BCUT2D eigenvalue weighted by Gasteiger charge is -2.23. The summed E-state index contributed by atoms with van der Waals surface area (Å²) in [4.78, 5) is 0. The Morgan fingerprint density at radius 1 is 1.33 bits per heavy atom. The number of hydrogen-bond acceptors (Lipinski definition) is 4. The third-order valence-electron chi connectivity index (χ3n) is 1.73. The van der Waals surface area contributed by atoms with E-state index < -0.39 is 13.4 Å². The van der Waals surface area contributed by atoms with Crippen LogP contribution in [-0.2, 0) is 17.9 Å². The second-order valence-electron chi connectivity index (χ2n) is 3.62. The highest BCUT2D eigenvalue weighted by molar-refractivity contribution is 7.55. The Labute approximate surface area is 96.9 Å². The predicted octanol–water partition coefficient (Wildman–Crippen LogP) is 3.80. The van der Waals surface area contributed by atoms with Crippen LogP contribution in [0.2, 0.25) is 0 Å². The molecule has 0 fully saturated rings. The van der Waals surface area contributed by atoms with Gasteiger partial charge in [0.1, 0.15) is 0 Å². The average molecular weight is 259 g/mol. The van der Waals surface area contributed by atoms with Gasteiger partial charge in [0, 0.05) is 0 Å². The van der Waals surface area contributed by atoms with Crippen LogP contribution in [0.3, 0.4) is 0 Å². The lowest BCUT2D eigenvalue weighted by Crippen LogP contribution is -2.17. The summed E-state index contributed by atoms with van der Waals surface area (Å²) in [6.45, 7) is 8.41. The lowest BCUT2D eigenvalue weighted by atomic mass is 10.2. The Morgan fingerprint density at radius 3 is 2.27 bits per heavy atom. The minimum absolute atomic E-state index is 0.283. The molecule has 6 heteroatoms. The van der Waals surface area contributed by atoms with Crippen molar-refractivity contribution in [1.29, 1.82) is 0 Å². The summed E-state index contributed by atoms with van der Waals surface area (Å²) in [5, 5.41) is 0. The summed E-state index contributed by atoms with van der Waals surface area (Å²) in [6.07, 6.45) is 0.538. The maximum atomic E-state index is 12.0. The van der Waals surface area contributed by atoms with E-state index in [0.717, 1.165) is 0 Å². The largest absolute Gasteiger partial charge is 0.375 e. The van der Waals surface area contributed by atoms with Crippen LogP contribution in [0.15, 0.2) is 0 Å². The maximum absolute atomic E-state index is 12.0. The quantitative estimate of drug-likeness (QED) is 0.621. The summed E-state index contributed by atoms with van der Waals surface area (Å²) >= 11 is 5.21. The third-order valence-corrected chi connectivity index (χ3v) is 4.34. The fraction of sp³-hybridized carbons (Fsp3) is 1.00. The molecule has 0 aromatic rings. The van der Waals surface area contributed by atoms with Crippen LogP contribution in [0.4, 0.5) is 0 Å². The normalized spacial score (nSPS) is 17.7. The molecule has 0 rings (SSSR count). The Hall–Kier alpha value is 0.400. The van der Waals surface area contributed by atoms with Crippen molar-refractivity contribution in [2.75, 3.05) is 13.2 Å². The Kier molecular flexibility index (Phi) is 7.84. The molecule has 0 saturated carbocycles. The van der Waals surface area contributed by atoms with Crippen LogP contribution in [0.1, 0.15) is 34.1 Å². The van der Waals surface area contributed by atoms with Gasteiger partial charge in [-0.15, -0.1) is 0 Å². The van der Waals surface area contributed by atoms with Crippen molar-refractivity contribution in [3.8, 4) is 0 Å². The Bertz CT molecular complexity index is 210. The fourth-order valence-corrected chi connectivity index (χ4v) is 2.82. The van der Waals surface area contributed by atoms with E-state index in [1.807, 2.05) is 20.8 Å². The molecule has 0 saturated heterocycles. The molecule has 0 amide bonds. The van der Waals surface area contributed by atoms with Crippen LogP contribution in [0, 0.1) is 5.92 Å². The monoisotopic (exact) mass is 258 g/mol. The zero-order valence-electron chi connectivity index (χ0n) is 9.73. The van der Waals surface area contributed by atoms with Gasteiger partial charge in [0.05, 0.1) is 25.1 Å². The summed E-state index contributed by atoms with van der Waals surface area (Å²) in [6, 6.07) is 0. The molecular formula is C9H20ClO4P. The number of hydrogen-bond donors (Lipinski definition) is 0. The number of rotatable bonds is 8. The topological polar surface area (TPSA) is 44.8 Å². The van der Waals surface area contributed by atoms with Crippen molar-refractivity contribution in [2.24, 2.45) is 5.92 Å². The second-order valence-corrected chi connectivity index (χ2v) is 6.08. The van der Waals surface area contributed by atoms with Crippen molar-refractivity contribution < 1.29 is 17.9 Å². The van der Waals surface area contributed by atoms with Crippen LogP contribution < -0.4 is 0 Å². The minimum atomic E-state index is -3.32. The summed E-state index contributed by atoms with van der Waals surface area (Å²) in [7, 11) is -3.32. The second kappa shape index (κ2) is 7.64. The van der Waals surface area contributed by atoms with E-state index in [0.29, 0.717) is 18.9 Å². The molecule has 0 aromatic heterocycles. The van der Waals surface area contributed by atoms with Gasteiger partial charge in [-0.3, -0.25) is 4.57 Å². The molecule has 4 nitrogen and oxygen atoms in total. The fourth-order valence-electron chi connectivity index (χ4n) is 1.06. The van der Waals surface area contributed by atoms with Gasteiger partial charge in [-0.25, -0.2) is 0 Å². The van der Waals surface area contributed by atoms with Gasteiger partial charge in [-0.2, -0.15) is 4.08 Å². The highest BCUT2D eigenvalue weighted by Crippen LogP contribution is 2.55. The molecule has 92 valence electrons. The molecule has 0 heterocycles. The van der Waals surface area contributed by atoms with Crippen LogP contribution in [0.25, 0.3) is 0 Å². The highest BCUT2D eigenvalue weighted by atomic mass is 35.5. The highest BCUT2D eigenvalue weighted by Gasteiger charge is 2.35. The minimum Gasteiger partial charge on any atom is -0.365 e. The van der Waals surface area contributed by atoms with Gasteiger partial charge in [0.25, 0.3) is 0 Å². The molecule has 0 aliphatic heterocycles. The molecule has 0 aromatic carbocycles. The van der Waals surface area contributed by atoms with E-state index >= 15 is 0 Å². The Morgan fingerprint density at radius 2 is 1.93 bits per heavy atom. The zero-order valence-corrected chi connectivity index (χ0v) is 11.4. The third kappa shape index (κ3) is 5.32. The zero-order chi connectivity index (χ0) is 11.9. The van der Waals surface area contributed by atoms with Gasteiger partial charge in [-0.1, -0.05) is 20.8 Å². The SMILES string of the molecule is CCOP(=O)(OCl)C(CC)OCC(C)C. The number of halogens is 1. The molecule has 2 atom stereocenters. The maximum Gasteiger partial charge on any atom is 0.375 e. The van der Waals surface area contributed by atoms with Gasteiger partial charge in [0.15, 0.2) is 5.85 Å². The molecule has 2 unspecified atom stereocenters. The van der Waals surface area contributed by atoms with Crippen LogP contribution in [0.5, 0.6) is 0 Å². The summed E-state index contributed by atoms with van der Waals surface area (Å²) in [5.41, 5.74) is 0. The molecule has 0 radical (unpaired) electrons. The first-order valence-corrected chi connectivity index (χ1v) is 7.08. The van der Waals surface area contributed by atoms with E-state index in [1.54, 1.807) is 6.92 Å². The Balaban J connectivity index is 4.39. The molecule has 0 bridgehead atoms. The first kappa shape index (κ1) is 15.4. The molecule has 15 heavy (non-hydrogen) atoms. The first-order valence-electron chi connectivity index (χ1n) is 5.16. The van der Waals surface area contributed by atoms with Gasteiger partial charge in [-0.05, 0) is 19.3 Å². The molecular weight excluding hydrogens is 239 g/mol. The van der Waals surface area contributed by atoms with E-state index in [2.05, 4.69) is 4.08 Å². The van der Waals surface area contributed by atoms with E-state index in [9.17, 15) is 4.57 Å². The van der Waals surface area contributed by atoms with Crippen molar-refractivity contribution in [3.63, 3.8) is 0 Å². The molecule has 0 aliphatic carbocycles. The van der Waals surface area contributed by atoms with Crippen molar-refractivity contribution in [2.45, 2.75) is 40.0 Å². The number of ether oxygens (including phenoxy) is 1. The first-order chi connectivity index (χ1) is 7.00. The van der Waals surface area contributed by atoms with Gasteiger partial charge < -0.3 is 9.26 Å². The smallest absolute Gasteiger partial charge is 0.365 e. The lowest BCUT2D eigenvalue weighted by molar-refractivity contribution is 0.0613. The average Bonchev–Trinajstić information content (AvgIpc) is 2.18. The summed E-state index contributed by atoms with van der Waals surface area (Å²) < 4.78 is 27.0. The van der Waals surface area contributed by atoms with E-state index in [-0.39, 0.29) is 6.61 Å². The predicted molar refractivity (Wildman–Crippen MR) is 61.0 cm³/mol. The van der Waals surface area contributed by atoms with E-state index in [4.69, 9.17) is 21.1 Å². The van der Waals surface area contributed by atoms with Crippen LogP contribution in [-0.4, -0.2) is 19.1 Å². The van der Waals surface area contributed by atoms with Crippen molar-refractivity contribution in [1.82, 2.24) is 0 Å². The van der Waals surface area contributed by atoms with E-state index in [1.165, 1.54) is 0 Å². The molecule has 0 spiro atoms. The standard InChI is InChI=1S/C9H20ClO4P/c1-5-9(12-7-8(3)4)15(11,14-10)13-6-2/h8-9H,5-7H2,1-4H3. The summed E-state index contributed by atoms with van der Waals surface area (Å²) in [5.74, 6) is -0.221. The van der Waals surface area contributed by atoms with Crippen molar-refractivity contribution in [3.05, 3.63) is 0 Å². The van der Waals surface area contributed by atoms with Gasteiger partial charge >= 0.3 is 7.60 Å². The molecule has 0 aliphatic rings. The van der Waals surface area contributed by atoms with Crippen LogP contribution >= 0.6 is 19.5 Å². The van der Waals surface area contributed by atoms with Crippen molar-refractivity contribution >= 4 is 19.5 Å². The van der Waals surface area contributed by atoms with Gasteiger partial charge in [0.2, 0.25) is 0 Å².